The second kappa shape index (κ2) is 10.8. The predicted molar refractivity (Wildman–Crippen MR) is 134 cm³/mol. The maximum atomic E-state index is 13.8. The summed E-state index contributed by atoms with van der Waals surface area (Å²) in [4.78, 5) is 38.5. The molecule has 1 aromatic heterocycles. The number of piperazine rings is 1. The molecule has 1 saturated carbocycles. The van der Waals surface area contributed by atoms with Crippen LogP contribution in [0.4, 0.5) is 0 Å². The molecule has 1 aromatic rings. The Hall–Kier alpha value is -1.89. The van der Waals surface area contributed by atoms with Crippen LogP contribution in [0.1, 0.15) is 72.0 Å². The summed E-state index contributed by atoms with van der Waals surface area (Å²) < 4.78 is 2.09. The van der Waals surface area contributed by atoms with E-state index in [0.717, 1.165) is 57.6 Å². The SMILES string of the molecule is CC(C)CC(C(=O)N1CCC(Cc2nccn2C)CC1)N1CCN(C2CC2)[C@@H](CC(C)C)C1=O. The smallest absolute Gasteiger partial charge is 0.245 e. The Morgan fingerprint density at radius 1 is 1.03 bits per heavy atom. The first-order valence-corrected chi connectivity index (χ1v) is 13.6. The van der Waals surface area contributed by atoms with Gasteiger partial charge < -0.3 is 14.4 Å². The molecule has 2 saturated heterocycles. The first kappa shape index (κ1) is 25.2. The van der Waals surface area contributed by atoms with Gasteiger partial charge in [-0.2, -0.15) is 0 Å². The highest BCUT2D eigenvalue weighted by molar-refractivity contribution is 5.90. The Balaban J connectivity index is 1.42. The minimum absolute atomic E-state index is 0.0627. The molecule has 2 atom stereocenters. The molecule has 7 heteroatoms. The number of hydrogen-bond acceptors (Lipinski definition) is 4. The average molecular weight is 472 g/mol. The summed E-state index contributed by atoms with van der Waals surface area (Å²) in [5.41, 5.74) is 0. The molecule has 34 heavy (non-hydrogen) atoms. The van der Waals surface area contributed by atoms with Crippen LogP contribution in [0, 0.1) is 17.8 Å². The lowest BCUT2D eigenvalue weighted by atomic mass is 9.91. The van der Waals surface area contributed by atoms with Gasteiger partial charge in [0.05, 0.1) is 6.04 Å². The lowest BCUT2D eigenvalue weighted by Crippen LogP contribution is -2.63. The number of hydrogen-bond donors (Lipinski definition) is 0. The Bertz CT molecular complexity index is 838. The number of carbonyl (C=O) groups excluding carboxylic acids is 2. The van der Waals surface area contributed by atoms with Crippen LogP contribution >= 0.6 is 0 Å². The van der Waals surface area contributed by atoms with E-state index >= 15 is 0 Å². The third-order valence-electron chi connectivity index (χ3n) is 7.95. The fourth-order valence-corrected chi connectivity index (χ4v) is 5.89. The van der Waals surface area contributed by atoms with Crippen LogP contribution in [0.25, 0.3) is 0 Å². The van der Waals surface area contributed by atoms with E-state index < -0.39 is 0 Å². The molecular weight excluding hydrogens is 426 g/mol. The number of aromatic nitrogens is 2. The van der Waals surface area contributed by atoms with E-state index in [1.165, 1.54) is 12.8 Å². The summed E-state index contributed by atoms with van der Waals surface area (Å²) in [6.07, 6.45) is 10.9. The minimum Gasteiger partial charge on any atom is -0.341 e. The zero-order valence-electron chi connectivity index (χ0n) is 21.9. The predicted octanol–water partition coefficient (Wildman–Crippen LogP) is 3.34. The molecule has 3 aliphatic rings. The topological polar surface area (TPSA) is 61.7 Å². The number of piperidine rings is 1. The molecule has 7 nitrogen and oxygen atoms in total. The Labute approximate surface area is 205 Å². The summed E-state index contributed by atoms with van der Waals surface area (Å²) in [5.74, 6) is 2.88. The monoisotopic (exact) mass is 471 g/mol. The third kappa shape index (κ3) is 5.84. The molecule has 0 N–H and O–H groups in total. The number of aryl methyl sites for hydroxylation is 1. The van der Waals surface area contributed by atoms with Gasteiger partial charge in [0.2, 0.25) is 11.8 Å². The molecule has 0 aromatic carbocycles. The summed E-state index contributed by atoms with van der Waals surface area (Å²) >= 11 is 0. The van der Waals surface area contributed by atoms with E-state index in [4.69, 9.17) is 0 Å². The van der Waals surface area contributed by atoms with Crippen LogP contribution in [-0.2, 0) is 23.1 Å². The second-order valence-corrected chi connectivity index (χ2v) is 11.7. The third-order valence-corrected chi connectivity index (χ3v) is 7.95. The van der Waals surface area contributed by atoms with Gasteiger partial charge in [0.25, 0.3) is 0 Å². The van der Waals surface area contributed by atoms with Crippen molar-refractivity contribution in [1.29, 1.82) is 0 Å². The van der Waals surface area contributed by atoms with Crippen molar-refractivity contribution >= 4 is 11.8 Å². The van der Waals surface area contributed by atoms with Gasteiger partial charge in [0.15, 0.2) is 0 Å². The zero-order valence-corrected chi connectivity index (χ0v) is 21.9. The summed E-state index contributed by atoms with van der Waals surface area (Å²) in [7, 11) is 2.05. The van der Waals surface area contributed by atoms with Gasteiger partial charge in [-0.3, -0.25) is 14.5 Å². The van der Waals surface area contributed by atoms with Gasteiger partial charge in [-0.1, -0.05) is 27.7 Å². The lowest BCUT2D eigenvalue weighted by molar-refractivity contribution is -0.155. The number of nitrogens with zero attached hydrogens (tertiary/aromatic N) is 5. The van der Waals surface area contributed by atoms with Gasteiger partial charge in [-0.05, 0) is 56.3 Å². The maximum absolute atomic E-state index is 13.8. The van der Waals surface area contributed by atoms with Gasteiger partial charge >= 0.3 is 0 Å². The fraction of sp³-hybridized carbons (Fsp3) is 0.815. The van der Waals surface area contributed by atoms with E-state index in [-0.39, 0.29) is 23.9 Å². The normalized spacial score (nSPS) is 23.9. The maximum Gasteiger partial charge on any atom is 0.245 e. The number of amides is 2. The molecule has 0 radical (unpaired) electrons. The van der Waals surface area contributed by atoms with E-state index in [2.05, 4.69) is 42.1 Å². The van der Waals surface area contributed by atoms with Crippen molar-refractivity contribution in [2.45, 2.75) is 90.8 Å². The number of imidazole rings is 1. The molecule has 3 fully saturated rings. The molecule has 2 amide bonds. The average Bonchev–Trinajstić information content (AvgIpc) is 3.56. The second-order valence-electron chi connectivity index (χ2n) is 11.7. The summed E-state index contributed by atoms with van der Waals surface area (Å²) in [6, 6.07) is 0.189. The molecule has 1 unspecified atom stereocenters. The molecule has 1 aliphatic carbocycles. The van der Waals surface area contributed by atoms with Gasteiger partial charge in [0, 0.05) is 58.1 Å². The quantitative estimate of drug-likeness (QED) is 0.554. The van der Waals surface area contributed by atoms with Crippen LogP contribution < -0.4 is 0 Å². The highest BCUT2D eigenvalue weighted by Crippen LogP contribution is 2.34. The molecule has 4 rings (SSSR count). The van der Waals surface area contributed by atoms with Crippen LogP contribution in [-0.4, -0.2) is 80.4 Å². The highest BCUT2D eigenvalue weighted by Gasteiger charge is 2.45. The van der Waals surface area contributed by atoms with Crippen molar-refractivity contribution in [3.05, 3.63) is 18.2 Å². The van der Waals surface area contributed by atoms with Crippen LogP contribution in [0.5, 0.6) is 0 Å². The first-order chi connectivity index (χ1) is 16.2. The Morgan fingerprint density at radius 3 is 2.29 bits per heavy atom. The molecule has 190 valence electrons. The van der Waals surface area contributed by atoms with Crippen molar-refractivity contribution in [3.63, 3.8) is 0 Å². The van der Waals surface area contributed by atoms with E-state index in [0.29, 0.717) is 30.3 Å². The van der Waals surface area contributed by atoms with E-state index in [1.807, 2.05) is 29.2 Å². The fourth-order valence-electron chi connectivity index (χ4n) is 5.89. The van der Waals surface area contributed by atoms with Crippen molar-refractivity contribution in [2.75, 3.05) is 26.2 Å². The van der Waals surface area contributed by atoms with E-state index in [9.17, 15) is 9.59 Å². The van der Waals surface area contributed by atoms with Crippen molar-refractivity contribution in [3.8, 4) is 0 Å². The van der Waals surface area contributed by atoms with Crippen LogP contribution in [0.3, 0.4) is 0 Å². The molecule has 2 aliphatic heterocycles. The Kier molecular flexibility index (Phi) is 8.01. The highest BCUT2D eigenvalue weighted by atomic mass is 16.2. The largest absolute Gasteiger partial charge is 0.341 e. The molecule has 0 bridgehead atoms. The molecule has 3 heterocycles. The molecular formula is C27H45N5O2. The standard InChI is InChI=1S/C27H45N5O2/c1-19(2)16-23(32-15-14-31(22-6-7-22)24(27(32)34)17-20(3)4)26(33)30-11-8-21(9-12-30)18-25-28-10-13-29(25)5/h10,13,19-24H,6-9,11-12,14-18H2,1-5H3/t23?,24-/m0/s1. The lowest BCUT2D eigenvalue weighted by Gasteiger charge is -2.46. The Morgan fingerprint density at radius 2 is 1.74 bits per heavy atom. The van der Waals surface area contributed by atoms with Crippen molar-refractivity contribution in [2.24, 2.45) is 24.8 Å². The number of rotatable bonds is 9. The van der Waals surface area contributed by atoms with Gasteiger partial charge in [-0.25, -0.2) is 4.98 Å². The van der Waals surface area contributed by atoms with Crippen molar-refractivity contribution < 1.29 is 9.59 Å². The number of likely N-dealkylation sites (tertiary alicyclic amines) is 1. The van der Waals surface area contributed by atoms with Gasteiger partial charge in [-0.15, -0.1) is 0 Å². The summed E-state index contributed by atoms with van der Waals surface area (Å²) in [6.45, 7) is 11.9. The zero-order chi connectivity index (χ0) is 24.4. The summed E-state index contributed by atoms with van der Waals surface area (Å²) in [5, 5.41) is 0. The van der Waals surface area contributed by atoms with Crippen LogP contribution in [0.15, 0.2) is 12.4 Å². The first-order valence-electron chi connectivity index (χ1n) is 13.6. The minimum atomic E-state index is -0.324. The van der Waals surface area contributed by atoms with Crippen LogP contribution in [0.2, 0.25) is 0 Å². The molecule has 0 spiro atoms. The number of carbonyl (C=O) groups is 2. The van der Waals surface area contributed by atoms with E-state index in [1.54, 1.807) is 0 Å². The van der Waals surface area contributed by atoms with Gasteiger partial charge in [0.1, 0.15) is 11.9 Å². The van der Waals surface area contributed by atoms with Crippen molar-refractivity contribution in [1.82, 2.24) is 24.3 Å².